The summed E-state index contributed by atoms with van der Waals surface area (Å²) in [4.78, 5) is 16.4. The average Bonchev–Trinajstić information content (AvgIpc) is 3.32. The molecule has 0 bridgehead atoms. The molecule has 2 aliphatic rings. The Balaban J connectivity index is 1.62. The van der Waals surface area contributed by atoms with Gasteiger partial charge in [-0.3, -0.25) is 4.79 Å². The molecule has 1 unspecified atom stereocenters. The summed E-state index contributed by atoms with van der Waals surface area (Å²) in [6.45, 7) is 2.37. The second-order valence-corrected chi connectivity index (χ2v) is 8.50. The van der Waals surface area contributed by atoms with Gasteiger partial charge in [0.15, 0.2) is 5.76 Å². The molecule has 0 spiro atoms. The van der Waals surface area contributed by atoms with Crippen LogP contribution in [0.4, 0.5) is 0 Å². The van der Waals surface area contributed by atoms with Crippen LogP contribution in [0, 0.1) is 0 Å². The molecular weight excluding hydrogens is 398 g/mol. The van der Waals surface area contributed by atoms with Crippen molar-refractivity contribution < 1.29 is 19.0 Å². The van der Waals surface area contributed by atoms with E-state index in [1.54, 1.807) is 18.9 Å². The largest absolute Gasteiger partial charge is 0.497 e. The Bertz CT molecular complexity index is 876. The smallest absolute Gasteiger partial charge is 0.290 e. The van der Waals surface area contributed by atoms with E-state index in [4.69, 9.17) is 14.2 Å². The molecule has 6 heteroatoms. The Hall–Kier alpha value is -2.44. The third kappa shape index (κ3) is 4.99. The second-order valence-electron chi connectivity index (χ2n) is 7.39. The Kier molecular flexibility index (Phi) is 6.97. The molecule has 1 fully saturated rings. The van der Waals surface area contributed by atoms with Crippen LogP contribution < -0.4 is 4.74 Å². The Morgan fingerprint density at radius 1 is 1.13 bits per heavy atom. The van der Waals surface area contributed by atoms with Crippen LogP contribution in [-0.4, -0.2) is 49.5 Å². The lowest BCUT2D eigenvalue weighted by molar-refractivity contribution is -0.132. The van der Waals surface area contributed by atoms with E-state index in [0.717, 1.165) is 47.0 Å². The zero-order valence-electron chi connectivity index (χ0n) is 17.2. The minimum Gasteiger partial charge on any atom is -0.497 e. The van der Waals surface area contributed by atoms with E-state index in [0.29, 0.717) is 25.5 Å². The number of nitrogens with zero attached hydrogens (tertiary/aromatic N) is 1. The molecule has 2 aliphatic heterocycles. The number of hydrogen-bond acceptors (Lipinski definition) is 5. The van der Waals surface area contributed by atoms with Crippen molar-refractivity contribution in [3.8, 4) is 5.75 Å². The minimum absolute atomic E-state index is 0.0733. The molecule has 0 aliphatic carbocycles. The molecule has 0 aromatic heterocycles. The molecule has 30 heavy (non-hydrogen) atoms. The van der Waals surface area contributed by atoms with Crippen LogP contribution in [0.2, 0.25) is 0 Å². The van der Waals surface area contributed by atoms with Crippen LogP contribution in [0.25, 0.3) is 4.91 Å². The van der Waals surface area contributed by atoms with Gasteiger partial charge in [0.2, 0.25) is 0 Å². The summed E-state index contributed by atoms with van der Waals surface area (Å²) in [6.07, 6.45) is 2.09. The molecule has 4 rings (SSSR count). The summed E-state index contributed by atoms with van der Waals surface area (Å²) >= 11 is 1.68. The van der Waals surface area contributed by atoms with Crippen LogP contribution in [0.15, 0.2) is 60.4 Å². The van der Waals surface area contributed by atoms with E-state index >= 15 is 0 Å². The van der Waals surface area contributed by atoms with Gasteiger partial charge in [0.05, 0.1) is 24.7 Å². The summed E-state index contributed by atoms with van der Waals surface area (Å²) in [6, 6.07) is 17.8. The number of rotatable bonds is 7. The number of carbonyl (C=O) groups is 1. The molecule has 158 valence electrons. The lowest BCUT2D eigenvalue weighted by atomic mass is 10.1. The molecule has 2 aromatic carbocycles. The number of methoxy groups -OCH3 is 1. The highest BCUT2D eigenvalue weighted by Gasteiger charge is 2.30. The van der Waals surface area contributed by atoms with Crippen LogP contribution in [-0.2, 0) is 20.8 Å². The van der Waals surface area contributed by atoms with Crippen molar-refractivity contribution in [2.24, 2.45) is 0 Å². The summed E-state index contributed by atoms with van der Waals surface area (Å²) in [5.74, 6) is 2.01. The molecule has 0 saturated carbocycles. The number of hydrogen-bond donors (Lipinski definition) is 0. The number of benzene rings is 2. The Labute approximate surface area is 182 Å². The van der Waals surface area contributed by atoms with Crippen molar-refractivity contribution >= 4 is 22.6 Å². The second kappa shape index (κ2) is 10.0. The van der Waals surface area contributed by atoms with Gasteiger partial charge in [0.25, 0.3) is 5.91 Å². The molecule has 0 radical (unpaired) electrons. The fraction of sp³-hybridized carbons (Fsp3) is 0.375. The predicted octanol–water partition coefficient (Wildman–Crippen LogP) is 4.34. The minimum atomic E-state index is -0.0765. The first-order chi connectivity index (χ1) is 14.7. The van der Waals surface area contributed by atoms with Crippen molar-refractivity contribution in [3.63, 3.8) is 0 Å². The number of ether oxygens (including phenoxy) is 3. The molecule has 1 amide bonds. The molecular formula is C24H27NO4S. The maximum absolute atomic E-state index is 13.6. The standard InChI is InChI=1S/C24H27NO4S/c1-27-20-11-9-18(10-12-20)16-25(17-21-8-5-13-28-21)24(26)22-23(30-15-14-29-22)19-6-3-2-4-7-19/h2-4,6-7,9-12,21H,5,8,13-17H2,1H3. The van der Waals surface area contributed by atoms with E-state index in [2.05, 4.69) is 0 Å². The first-order valence-electron chi connectivity index (χ1n) is 10.3. The highest BCUT2D eigenvalue weighted by atomic mass is 32.2. The maximum atomic E-state index is 13.6. The first-order valence-corrected chi connectivity index (χ1v) is 11.3. The van der Waals surface area contributed by atoms with Crippen molar-refractivity contribution in [3.05, 3.63) is 71.5 Å². The van der Waals surface area contributed by atoms with Gasteiger partial charge in [0, 0.05) is 25.4 Å². The van der Waals surface area contributed by atoms with E-state index < -0.39 is 0 Å². The maximum Gasteiger partial charge on any atom is 0.290 e. The van der Waals surface area contributed by atoms with Crippen molar-refractivity contribution in [2.45, 2.75) is 25.5 Å². The lowest BCUT2D eigenvalue weighted by Crippen LogP contribution is -2.39. The van der Waals surface area contributed by atoms with Crippen LogP contribution >= 0.6 is 11.8 Å². The highest BCUT2D eigenvalue weighted by molar-refractivity contribution is 8.08. The third-order valence-electron chi connectivity index (χ3n) is 5.28. The summed E-state index contributed by atoms with van der Waals surface area (Å²) in [7, 11) is 1.65. The highest BCUT2D eigenvalue weighted by Crippen LogP contribution is 2.35. The number of carbonyl (C=O) groups excluding carboxylic acids is 1. The van der Waals surface area contributed by atoms with Crippen LogP contribution in [0.1, 0.15) is 24.0 Å². The Morgan fingerprint density at radius 3 is 2.63 bits per heavy atom. The number of thioether (sulfide) groups is 1. The molecule has 5 nitrogen and oxygen atoms in total. The fourth-order valence-corrected chi connectivity index (χ4v) is 4.68. The van der Waals surface area contributed by atoms with Gasteiger partial charge in [-0.25, -0.2) is 0 Å². The number of amides is 1. The van der Waals surface area contributed by atoms with E-state index in [-0.39, 0.29) is 12.0 Å². The SMILES string of the molecule is COc1ccc(CN(CC2CCCO2)C(=O)C2=C(c3ccccc3)SCCO2)cc1. The van der Waals surface area contributed by atoms with Gasteiger partial charge >= 0.3 is 0 Å². The van der Waals surface area contributed by atoms with E-state index in [1.165, 1.54) is 0 Å². The zero-order valence-corrected chi connectivity index (χ0v) is 18.0. The third-order valence-corrected chi connectivity index (χ3v) is 6.36. The zero-order chi connectivity index (χ0) is 20.8. The fourth-order valence-electron chi connectivity index (χ4n) is 3.73. The van der Waals surface area contributed by atoms with Gasteiger partial charge in [0.1, 0.15) is 5.75 Å². The van der Waals surface area contributed by atoms with Crippen molar-refractivity contribution in [1.29, 1.82) is 0 Å². The topological polar surface area (TPSA) is 48.0 Å². The van der Waals surface area contributed by atoms with Gasteiger partial charge in [-0.05, 0) is 36.1 Å². The van der Waals surface area contributed by atoms with E-state index in [1.807, 2.05) is 59.5 Å². The molecule has 1 atom stereocenters. The molecule has 2 aromatic rings. The monoisotopic (exact) mass is 425 g/mol. The summed E-state index contributed by atoms with van der Waals surface area (Å²) < 4.78 is 17.0. The molecule has 1 saturated heterocycles. The van der Waals surface area contributed by atoms with Gasteiger partial charge < -0.3 is 19.1 Å². The first kappa shape index (κ1) is 20.8. The van der Waals surface area contributed by atoms with Crippen LogP contribution in [0.5, 0.6) is 5.75 Å². The van der Waals surface area contributed by atoms with Crippen molar-refractivity contribution in [2.75, 3.05) is 32.6 Å². The predicted molar refractivity (Wildman–Crippen MR) is 119 cm³/mol. The van der Waals surface area contributed by atoms with Crippen molar-refractivity contribution in [1.82, 2.24) is 4.90 Å². The quantitative estimate of drug-likeness (QED) is 0.661. The normalized spacial score (nSPS) is 18.8. The molecule has 2 heterocycles. The summed E-state index contributed by atoms with van der Waals surface area (Å²) in [5, 5.41) is 0. The summed E-state index contributed by atoms with van der Waals surface area (Å²) in [5.41, 5.74) is 2.07. The lowest BCUT2D eigenvalue weighted by Gasteiger charge is -2.29. The van der Waals surface area contributed by atoms with Gasteiger partial charge in [-0.1, -0.05) is 42.5 Å². The van der Waals surface area contributed by atoms with E-state index in [9.17, 15) is 4.79 Å². The van der Waals surface area contributed by atoms with Gasteiger partial charge in [-0.2, -0.15) is 0 Å². The Morgan fingerprint density at radius 2 is 1.93 bits per heavy atom. The van der Waals surface area contributed by atoms with Crippen LogP contribution in [0.3, 0.4) is 0 Å². The van der Waals surface area contributed by atoms with Gasteiger partial charge in [-0.15, -0.1) is 11.8 Å². The molecule has 0 N–H and O–H groups in total. The average molecular weight is 426 g/mol.